The van der Waals surface area contributed by atoms with Crippen molar-refractivity contribution in [1.82, 2.24) is 10.5 Å². The zero-order valence-electron chi connectivity index (χ0n) is 25.4. The summed E-state index contributed by atoms with van der Waals surface area (Å²) in [6.45, 7) is 3.59. The molecule has 4 amide bonds. The van der Waals surface area contributed by atoms with Crippen molar-refractivity contribution in [2.45, 2.75) is 39.2 Å². The van der Waals surface area contributed by atoms with Crippen LogP contribution < -0.4 is 25.6 Å². The molecule has 4 aromatic rings. The predicted molar refractivity (Wildman–Crippen MR) is 169 cm³/mol. The number of nitrogens with one attached hydrogen (secondary N) is 3. The summed E-state index contributed by atoms with van der Waals surface area (Å²) in [6, 6.07) is 20.0. The summed E-state index contributed by atoms with van der Waals surface area (Å²) in [6.07, 6.45) is 0.0462. The molecule has 0 spiro atoms. The van der Waals surface area contributed by atoms with Crippen LogP contribution in [-0.2, 0) is 16.0 Å². The molecule has 0 aliphatic heterocycles. The first-order valence-corrected chi connectivity index (χ1v) is 14.2. The number of aryl methyl sites for hydroxylation is 2. The van der Waals surface area contributed by atoms with Gasteiger partial charge >= 0.3 is 12.0 Å². The fraction of sp³-hybridized carbons (Fsp3) is 0.242. The minimum atomic E-state index is -0.989. The number of carbonyl (C=O) groups is 4. The molecule has 0 fully saturated rings. The minimum absolute atomic E-state index is 0.0455. The van der Waals surface area contributed by atoms with Gasteiger partial charge in [0.15, 0.2) is 5.69 Å². The topological polar surface area (TPSA) is 163 Å². The normalized spacial score (nSPS) is 11.3. The lowest BCUT2D eigenvalue weighted by Gasteiger charge is -2.21. The van der Waals surface area contributed by atoms with E-state index in [0.29, 0.717) is 34.0 Å². The summed E-state index contributed by atoms with van der Waals surface area (Å²) in [7, 11) is 3.17. The first kappa shape index (κ1) is 32.3. The first-order valence-electron chi connectivity index (χ1n) is 14.2. The highest BCUT2D eigenvalue weighted by Crippen LogP contribution is 2.28. The Bertz CT molecular complexity index is 1680. The summed E-state index contributed by atoms with van der Waals surface area (Å²) >= 11 is 0. The number of benzene rings is 3. The number of aromatic nitrogens is 1. The third kappa shape index (κ3) is 8.69. The SMILES string of the molecule is COc1cc(CC(=O)Nc2ccc(C(CCC(=O)O)NC(=O)c3cc(C)on3)cc2)ccc1NC(=O)N(C)c1ccccc1C. The number of anilines is 3. The number of carboxylic acids is 1. The average Bonchev–Trinajstić information content (AvgIpc) is 3.46. The van der Waals surface area contributed by atoms with Crippen molar-refractivity contribution >= 4 is 40.9 Å². The van der Waals surface area contributed by atoms with E-state index in [2.05, 4.69) is 21.1 Å². The Morgan fingerprint density at radius 2 is 1.71 bits per heavy atom. The number of urea groups is 1. The number of hydrogen-bond acceptors (Lipinski definition) is 7. The molecule has 0 aliphatic carbocycles. The molecule has 45 heavy (non-hydrogen) atoms. The number of nitrogens with zero attached hydrogens (tertiary/aromatic N) is 2. The second-order valence-corrected chi connectivity index (χ2v) is 10.4. The highest BCUT2D eigenvalue weighted by atomic mass is 16.5. The molecule has 0 bridgehead atoms. The van der Waals surface area contributed by atoms with Crippen molar-refractivity contribution in [2.75, 3.05) is 29.7 Å². The minimum Gasteiger partial charge on any atom is -0.495 e. The fourth-order valence-electron chi connectivity index (χ4n) is 4.68. The highest BCUT2D eigenvalue weighted by Gasteiger charge is 2.20. The Kier molecular flexibility index (Phi) is 10.5. The molecule has 1 aromatic heterocycles. The number of rotatable bonds is 12. The highest BCUT2D eigenvalue weighted by molar-refractivity contribution is 6.02. The van der Waals surface area contributed by atoms with Crippen molar-refractivity contribution in [1.29, 1.82) is 0 Å². The van der Waals surface area contributed by atoms with Gasteiger partial charge in [-0.2, -0.15) is 0 Å². The molecule has 12 nitrogen and oxygen atoms in total. The number of hydrogen-bond donors (Lipinski definition) is 4. The summed E-state index contributed by atoms with van der Waals surface area (Å²) in [5.41, 5.74) is 4.15. The Hall–Kier alpha value is -5.65. The van der Waals surface area contributed by atoms with Crippen LogP contribution in [0.5, 0.6) is 5.75 Å². The van der Waals surface area contributed by atoms with Crippen LogP contribution in [0.2, 0.25) is 0 Å². The Balaban J connectivity index is 1.38. The lowest BCUT2D eigenvalue weighted by Crippen LogP contribution is -2.31. The number of carboxylic acid groups (broad SMARTS) is 1. The van der Waals surface area contributed by atoms with E-state index in [1.165, 1.54) is 18.1 Å². The summed E-state index contributed by atoms with van der Waals surface area (Å²) in [4.78, 5) is 51.1. The molecule has 0 radical (unpaired) electrons. The Morgan fingerprint density at radius 1 is 0.978 bits per heavy atom. The van der Waals surface area contributed by atoms with E-state index >= 15 is 0 Å². The summed E-state index contributed by atoms with van der Waals surface area (Å²) in [5, 5.41) is 21.4. The lowest BCUT2D eigenvalue weighted by atomic mass is 10.0. The maximum Gasteiger partial charge on any atom is 0.326 e. The molecule has 1 heterocycles. The van der Waals surface area contributed by atoms with Gasteiger partial charge in [-0.15, -0.1) is 0 Å². The van der Waals surface area contributed by atoms with Crippen LogP contribution in [0, 0.1) is 13.8 Å². The zero-order valence-corrected chi connectivity index (χ0v) is 25.4. The number of methoxy groups -OCH3 is 1. The molecule has 234 valence electrons. The molecule has 1 atom stereocenters. The van der Waals surface area contributed by atoms with Crippen LogP contribution in [0.1, 0.15) is 51.8 Å². The lowest BCUT2D eigenvalue weighted by molar-refractivity contribution is -0.137. The van der Waals surface area contributed by atoms with Gasteiger partial charge in [-0.3, -0.25) is 19.3 Å². The van der Waals surface area contributed by atoms with Gasteiger partial charge in [0.1, 0.15) is 11.5 Å². The van der Waals surface area contributed by atoms with Crippen LogP contribution in [0.25, 0.3) is 0 Å². The van der Waals surface area contributed by atoms with Crippen molar-refractivity contribution in [3.05, 3.63) is 101 Å². The molecule has 0 aliphatic rings. The van der Waals surface area contributed by atoms with E-state index < -0.39 is 17.9 Å². The molecule has 0 saturated carbocycles. The van der Waals surface area contributed by atoms with Crippen LogP contribution in [0.3, 0.4) is 0 Å². The predicted octanol–water partition coefficient (Wildman–Crippen LogP) is 5.49. The monoisotopic (exact) mass is 613 g/mol. The quantitative estimate of drug-likeness (QED) is 0.163. The fourth-order valence-corrected chi connectivity index (χ4v) is 4.68. The molecule has 3 aromatic carbocycles. The molecular formula is C33H35N5O7. The standard InChI is InChI=1S/C33H35N5O7/c1-20-7-5-6-8-28(20)38(3)33(43)36-26-14-9-22(18-29(26)44-4)19-30(39)34-24-12-10-23(11-13-24)25(15-16-31(40)41)35-32(42)27-17-21(2)45-37-27/h5-14,17-18,25H,15-16,19H2,1-4H3,(H,34,39)(H,35,42)(H,36,43)(H,40,41). The Morgan fingerprint density at radius 3 is 2.36 bits per heavy atom. The van der Waals surface area contributed by atoms with E-state index in [4.69, 9.17) is 9.26 Å². The molecule has 12 heteroatoms. The van der Waals surface area contributed by atoms with Gasteiger partial charge in [0.25, 0.3) is 5.91 Å². The third-order valence-corrected chi connectivity index (χ3v) is 7.06. The van der Waals surface area contributed by atoms with Crippen LogP contribution >= 0.6 is 0 Å². The second-order valence-electron chi connectivity index (χ2n) is 10.4. The number of para-hydroxylation sites is 1. The second kappa shape index (κ2) is 14.7. The first-order chi connectivity index (χ1) is 21.5. The van der Waals surface area contributed by atoms with Crippen LogP contribution in [-0.4, -0.2) is 48.2 Å². The van der Waals surface area contributed by atoms with E-state index in [-0.39, 0.29) is 36.9 Å². The van der Waals surface area contributed by atoms with Gasteiger partial charge in [0.2, 0.25) is 5.91 Å². The van der Waals surface area contributed by atoms with Crippen molar-refractivity contribution in [3.8, 4) is 5.75 Å². The summed E-state index contributed by atoms with van der Waals surface area (Å²) in [5.74, 6) is -0.870. The maximum atomic E-state index is 12.9. The third-order valence-electron chi connectivity index (χ3n) is 7.06. The van der Waals surface area contributed by atoms with Gasteiger partial charge in [-0.05, 0) is 67.3 Å². The van der Waals surface area contributed by atoms with E-state index in [0.717, 1.165) is 11.3 Å². The van der Waals surface area contributed by atoms with Crippen molar-refractivity contribution < 1.29 is 33.5 Å². The van der Waals surface area contributed by atoms with Gasteiger partial charge in [0.05, 0.1) is 25.3 Å². The largest absolute Gasteiger partial charge is 0.495 e. The molecular weight excluding hydrogens is 578 g/mol. The van der Waals surface area contributed by atoms with Crippen molar-refractivity contribution in [2.24, 2.45) is 0 Å². The van der Waals surface area contributed by atoms with E-state index in [1.54, 1.807) is 56.4 Å². The Labute approximate surface area is 260 Å². The van der Waals surface area contributed by atoms with Crippen LogP contribution in [0.4, 0.5) is 21.9 Å². The maximum absolute atomic E-state index is 12.9. The number of carbonyl (C=O) groups excluding carboxylic acids is 3. The average molecular weight is 614 g/mol. The van der Waals surface area contributed by atoms with Gasteiger partial charge in [-0.25, -0.2) is 4.79 Å². The van der Waals surface area contributed by atoms with Gasteiger partial charge in [-0.1, -0.05) is 41.6 Å². The zero-order chi connectivity index (χ0) is 32.5. The number of aliphatic carboxylic acids is 1. The van der Waals surface area contributed by atoms with Crippen molar-refractivity contribution in [3.63, 3.8) is 0 Å². The molecule has 4 N–H and O–H groups in total. The molecule has 1 unspecified atom stereocenters. The van der Waals surface area contributed by atoms with Gasteiger partial charge < -0.3 is 30.3 Å². The van der Waals surface area contributed by atoms with Gasteiger partial charge in [0, 0.05) is 30.9 Å². The number of ether oxygens (including phenoxy) is 1. The van der Waals surface area contributed by atoms with Crippen LogP contribution in [0.15, 0.2) is 77.3 Å². The van der Waals surface area contributed by atoms with E-state index in [9.17, 15) is 24.3 Å². The molecule has 0 saturated heterocycles. The van der Waals surface area contributed by atoms with E-state index in [1.807, 2.05) is 31.2 Å². The molecule has 4 rings (SSSR count). The smallest absolute Gasteiger partial charge is 0.326 e. The summed E-state index contributed by atoms with van der Waals surface area (Å²) < 4.78 is 10.4. The number of amides is 4.